The monoisotopic (exact) mass is 326 g/mol. The molecule has 0 aliphatic rings. The van der Waals surface area contributed by atoms with Crippen LogP contribution in [-0.4, -0.2) is 39.7 Å². The lowest BCUT2D eigenvalue weighted by Crippen LogP contribution is -2.23. The van der Waals surface area contributed by atoms with Crippen LogP contribution in [0.5, 0.6) is 0 Å². The molecule has 0 saturated carbocycles. The molecule has 0 spiro atoms. The lowest BCUT2D eigenvalue weighted by atomic mass is 10.1. The summed E-state index contributed by atoms with van der Waals surface area (Å²) in [6, 6.07) is 2.19. The van der Waals surface area contributed by atoms with Gasteiger partial charge in [-0.1, -0.05) is 13.8 Å². The molecule has 2 aromatic heterocycles. The van der Waals surface area contributed by atoms with E-state index in [-0.39, 0.29) is 17.6 Å². The first kappa shape index (κ1) is 17.0. The highest BCUT2D eigenvalue weighted by molar-refractivity contribution is 5.95. The van der Waals surface area contributed by atoms with E-state index in [9.17, 15) is 18.0 Å². The third kappa shape index (κ3) is 3.35. The van der Waals surface area contributed by atoms with Crippen molar-refractivity contribution in [2.75, 3.05) is 14.1 Å². The Morgan fingerprint density at radius 1 is 1.22 bits per heavy atom. The second-order valence-electron chi connectivity index (χ2n) is 5.61. The summed E-state index contributed by atoms with van der Waals surface area (Å²) in [6.45, 7) is 3.76. The third-order valence-electron chi connectivity index (χ3n) is 3.28. The van der Waals surface area contributed by atoms with E-state index in [1.807, 2.05) is 13.8 Å². The van der Waals surface area contributed by atoms with Crippen LogP contribution in [0.15, 0.2) is 24.5 Å². The van der Waals surface area contributed by atoms with E-state index in [0.717, 1.165) is 12.3 Å². The predicted octanol–water partition coefficient (Wildman–Crippen LogP) is 3.11. The van der Waals surface area contributed by atoms with Crippen LogP contribution in [0.25, 0.3) is 5.82 Å². The number of hydrogen-bond donors (Lipinski definition) is 0. The first-order chi connectivity index (χ1) is 10.6. The molecular weight excluding hydrogens is 309 g/mol. The van der Waals surface area contributed by atoms with Crippen LogP contribution >= 0.6 is 0 Å². The number of pyridine rings is 1. The van der Waals surface area contributed by atoms with E-state index in [4.69, 9.17) is 0 Å². The Labute approximate surface area is 131 Å². The topological polar surface area (TPSA) is 51.0 Å². The quantitative estimate of drug-likeness (QED) is 0.871. The van der Waals surface area contributed by atoms with E-state index in [1.165, 1.54) is 21.8 Å². The Hall–Kier alpha value is -2.38. The van der Waals surface area contributed by atoms with Crippen LogP contribution in [0.1, 0.15) is 41.4 Å². The number of halogens is 3. The van der Waals surface area contributed by atoms with Gasteiger partial charge in [0, 0.05) is 20.3 Å². The highest BCUT2D eigenvalue weighted by atomic mass is 19.4. The van der Waals surface area contributed by atoms with E-state index >= 15 is 0 Å². The fraction of sp³-hybridized carbons (Fsp3) is 0.400. The lowest BCUT2D eigenvalue weighted by Gasteiger charge is -2.15. The van der Waals surface area contributed by atoms with Crippen LogP contribution in [0.4, 0.5) is 13.2 Å². The molecule has 0 radical (unpaired) electrons. The maximum atomic E-state index is 12.6. The Bertz CT molecular complexity index is 703. The zero-order chi connectivity index (χ0) is 17.4. The van der Waals surface area contributed by atoms with Gasteiger partial charge in [-0.3, -0.25) is 4.79 Å². The lowest BCUT2D eigenvalue weighted by molar-refractivity contribution is -0.137. The Morgan fingerprint density at radius 3 is 2.30 bits per heavy atom. The summed E-state index contributed by atoms with van der Waals surface area (Å²) >= 11 is 0. The average Bonchev–Trinajstić information content (AvgIpc) is 2.90. The van der Waals surface area contributed by atoms with Crippen LogP contribution in [-0.2, 0) is 6.18 Å². The molecule has 5 nitrogen and oxygen atoms in total. The number of alkyl halides is 3. The number of rotatable bonds is 3. The SMILES string of the molecule is CC(C)c1c(C(=O)N(C)C)cnn1-c1ccc(C(F)(F)F)cn1. The summed E-state index contributed by atoms with van der Waals surface area (Å²) in [5.74, 6) is -0.0353. The maximum Gasteiger partial charge on any atom is 0.417 e. The van der Waals surface area contributed by atoms with Crippen molar-refractivity contribution in [1.82, 2.24) is 19.7 Å². The molecule has 0 saturated heterocycles. The predicted molar refractivity (Wildman–Crippen MR) is 78.5 cm³/mol. The summed E-state index contributed by atoms with van der Waals surface area (Å²) in [5.41, 5.74) is 0.187. The van der Waals surface area contributed by atoms with Crippen molar-refractivity contribution >= 4 is 5.91 Å². The van der Waals surface area contributed by atoms with E-state index < -0.39 is 11.7 Å². The first-order valence-corrected chi connectivity index (χ1v) is 6.96. The summed E-state index contributed by atoms with van der Waals surface area (Å²) in [6.07, 6.45) is -2.27. The molecule has 0 N–H and O–H groups in total. The second kappa shape index (κ2) is 6.02. The van der Waals surface area contributed by atoms with Gasteiger partial charge in [-0.05, 0) is 18.1 Å². The molecule has 2 aromatic rings. The zero-order valence-electron chi connectivity index (χ0n) is 13.2. The molecule has 2 rings (SSSR count). The number of amides is 1. The van der Waals surface area contributed by atoms with Crippen molar-refractivity contribution in [2.45, 2.75) is 25.9 Å². The van der Waals surface area contributed by atoms with Crippen molar-refractivity contribution in [3.8, 4) is 5.82 Å². The van der Waals surface area contributed by atoms with Gasteiger partial charge < -0.3 is 4.90 Å². The molecule has 0 aromatic carbocycles. The van der Waals surface area contributed by atoms with Crippen molar-refractivity contribution in [3.63, 3.8) is 0 Å². The van der Waals surface area contributed by atoms with Gasteiger partial charge in [-0.2, -0.15) is 18.3 Å². The van der Waals surface area contributed by atoms with Crippen molar-refractivity contribution < 1.29 is 18.0 Å². The number of aromatic nitrogens is 3. The molecule has 0 fully saturated rings. The fourth-order valence-corrected chi connectivity index (χ4v) is 2.18. The van der Waals surface area contributed by atoms with Gasteiger partial charge in [0.25, 0.3) is 5.91 Å². The summed E-state index contributed by atoms with van der Waals surface area (Å²) in [7, 11) is 3.25. The second-order valence-corrected chi connectivity index (χ2v) is 5.61. The van der Waals surface area contributed by atoms with Crippen molar-refractivity contribution in [2.24, 2.45) is 0 Å². The van der Waals surface area contributed by atoms with Crippen LogP contribution in [0.3, 0.4) is 0 Å². The number of nitrogens with zero attached hydrogens (tertiary/aromatic N) is 4. The number of hydrogen-bond acceptors (Lipinski definition) is 3. The molecule has 0 atom stereocenters. The molecule has 1 amide bonds. The van der Waals surface area contributed by atoms with Gasteiger partial charge in [-0.25, -0.2) is 9.67 Å². The van der Waals surface area contributed by atoms with Crippen molar-refractivity contribution in [1.29, 1.82) is 0 Å². The Kier molecular flexibility index (Phi) is 4.44. The fourth-order valence-electron chi connectivity index (χ4n) is 2.18. The minimum absolute atomic E-state index is 0.0551. The highest BCUT2D eigenvalue weighted by Gasteiger charge is 2.31. The molecule has 0 unspecified atom stereocenters. The van der Waals surface area contributed by atoms with E-state index in [1.54, 1.807) is 14.1 Å². The molecule has 0 aliphatic carbocycles. The minimum Gasteiger partial charge on any atom is -0.345 e. The molecular formula is C15H17F3N4O. The Morgan fingerprint density at radius 2 is 1.87 bits per heavy atom. The standard InChI is InChI=1S/C15H17F3N4O/c1-9(2)13-11(14(23)21(3)4)8-20-22(13)12-6-5-10(7-19-12)15(16,17)18/h5-9H,1-4H3. The highest BCUT2D eigenvalue weighted by Crippen LogP contribution is 2.29. The van der Waals surface area contributed by atoms with E-state index in [0.29, 0.717) is 11.3 Å². The van der Waals surface area contributed by atoms with Gasteiger partial charge in [-0.15, -0.1) is 0 Å². The Balaban J connectivity index is 2.50. The van der Waals surface area contributed by atoms with Gasteiger partial charge in [0.2, 0.25) is 0 Å². The van der Waals surface area contributed by atoms with Gasteiger partial charge >= 0.3 is 6.18 Å². The van der Waals surface area contributed by atoms with Crippen LogP contribution < -0.4 is 0 Å². The third-order valence-corrected chi connectivity index (χ3v) is 3.28. The summed E-state index contributed by atoms with van der Waals surface area (Å²) in [4.78, 5) is 17.5. The maximum absolute atomic E-state index is 12.6. The molecule has 0 aliphatic heterocycles. The summed E-state index contributed by atoms with van der Waals surface area (Å²) < 4.78 is 39.3. The van der Waals surface area contributed by atoms with E-state index in [2.05, 4.69) is 10.1 Å². The first-order valence-electron chi connectivity index (χ1n) is 6.96. The molecule has 2 heterocycles. The number of carbonyl (C=O) groups is 1. The molecule has 23 heavy (non-hydrogen) atoms. The van der Waals surface area contributed by atoms with Crippen molar-refractivity contribution in [3.05, 3.63) is 41.3 Å². The van der Waals surface area contributed by atoms with Crippen LogP contribution in [0, 0.1) is 0 Å². The molecule has 0 bridgehead atoms. The van der Waals surface area contributed by atoms with Gasteiger partial charge in [0.15, 0.2) is 5.82 Å². The zero-order valence-corrected chi connectivity index (χ0v) is 13.2. The smallest absolute Gasteiger partial charge is 0.345 e. The summed E-state index contributed by atoms with van der Waals surface area (Å²) in [5, 5.41) is 4.13. The average molecular weight is 326 g/mol. The van der Waals surface area contributed by atoms with Crippen LogP contribution in [0.2, 0.25) is 0 Å². The molecule has 8 heteroatoms. The minimum atomic E-state index is -4.44. The normalized spacial score (nSPS) is 11.8. The molecule has 124 valence electrons. The largest absolute Gasteiger partial charge is 0.417 e. The number of carbonyl (C=O) groups excluding carboxylic acids is 1. The van der Waals surface area contributed by atoms with Gasteiger partial charge in [0.05, 0.1) is 23.0 Å². The van der Waals surface area contributed by atoms with Gasteiger partial charge in [0.1, 0.15) is 0 Å².